The molecular formula is C25H26ClNO7. The van der Waals surface area contributed by atoms with Crippen molar-refractivity contribution in [2.24, 2.45) is 0 Å². The first kappa shape index (κ1) is 23.9. The number of aliphatic hydroxyl groups excluding tert-OH is 1. The van der Waals surface area contributed by atoms with Gasteiger partial charge in [-0.05, 0) is 25.0 Å². The summed E-state index contributed by atoms with van der Waals surface area (Å²) in [6.07, 6.45) is 1.47. The number of para-hydroxylation sites is 1. The van der Waals surface area contributed by atoms with Crippen molar-refractivity contribution in [1.29, 1.82) is 0 Å². The summed E-state index contributed by atoms with van der Waals surface area (Å²) in [5, 5.41) is 11.7. The molecule has 1 amide bonds. The number of benzene rings is 2. The van der Waals surface area contributed by atoms with Gasteiger partial charge >= 0.3 is 0 Å². The first-order valence-corrected chi connectivity index (χ1v) is 11.2. The number of amides is 1. The summed E-state index contributed by atoms with van der Waals surface area (Å²) in [6, 6.07) is 9.17. The molecule has 34 heavy (non-hydrogen) atoms. The quantitative estimate of drug-likeness (QED) is 0.359. The number of nitrogens with zero attached hydrogens (tertiary/aromatic N) is 1. The van der Waals surface area contributed by atoms with Gasteiger partial charge in [0, 0.05) is 24.8 Å². The lowest BCUT2D eigenvalue weighted by atomic mass is 9.94. The van der Waals surface area contributed by atoms with Gasteiger partial charge in [0.25, 0.3) is 11.7 Å². The van der Waals surface area contributed by atoms with Crippen LogP contribution in [0.3, 0.4) is 0 Å². The summed E-state index contributed by atoms with van der Waals surface area (Å²) >= 11 is 6.22. The topological polar surface area (TPSA) is 94.5 Å². The van der Waals surface area contributed by atoms with E-state index < -0.39 is 23.5 Å². The van der Waals surface area contributed by atoms with E-state index in [1.54, 1.807) is 24.3 Å². The van der Waals surface area contributed by atoms with Crippen molar-refractivity contribution in [2.75, 3.05) is 34.5 Å². The average Bonchev–Trinajstić information content (AvgIpc) is 3.45. The summed E-state index contributed by atoms with van der Waals surface area (Å²) < 4.78 is 21.9. The lowest BCUT2D eigenvalue weighted by Gasteiger charge is -2.28. The van der Waals surface area contributed by atoms with Crippen LogP contribution in [0.15, 0.2) is 42.0 Å². The van der Waals surface area contributed by atoms with Crippen molar-refractivity contribution in [3.8, 4) is 17.2 Å². The van der Waals surface area contributed by atoms with Crippen molar-refractivity contribution < 1.29 is 33.6 Å². The third kappa shape index (κ3) is 4.19. The number of Topliss-reactive ketones (excluding diaryl/α,β-unsaturated/α-hetero) is 1. The van der Waals surface area contributed by atoms with Gasteiger partial charge in [0.1, 0.15) is 23.0 Å². The molecule has 2 heterocycles. The highest BCUT2D eigenvalue weighted by Crippen LogP contribution is 2.45. The molecule has 0 saturated carbocycles. The zero-order valence-corrected chi connectivity index (χ0v) is 19.9. The van der Waals surface area contributed by atoms with Crippen LogP contribution in [-0.2, 0) is 14.3 Å². The highest BCUT2D eigenvalue weighted by Gasteiger charge is 2.48. The molecule has 2 aliphatic heterocycles. The van der Waals surface area contributed by atoms with Gasteiger partial charge in [-0.2, -0.15) is 0 Å². The summed E-state index contributed by atoms with van der Waals surface area (Å²) in [5.41, 5.74) is 0.678. The van der Waals surface area contributed by atoms with E-state index in [1.807, 2.05) is 0 Å². The minimum absolute atomic E-state index is 0.0739. The molecule has 2 unspecified atom stereocenters. The number of carbonyl (C=O) groups excluding carboxylic acids is 2. The molecule has 180 valence electrons. The molecule has 2 atom stereocenters. The van der Waals surface area contributed by atoms with Gasteiger partial charge in [-0.1, -0.05) is 29.8 Å². The summed E-state index contributed by atoms with van der Waals surface area (Å²) in [7, 11) is 4.37. The number of likely N-dealkylation sites (tertiary alicyclic amines) is 1. The largest absolute Gasteiger partial charge is 0.507 e. The number of rotatable bonds is 7. The van der Waals surface area contributed by atoms with Crippen LogP contribution in [-0.4, -0.2) is 62.3 Å². The number of ether oxygens (including phenoxy) is 4. The SMILES string of the molecule is COc1cc(/C(O)=C2\C(=O)C(=O)N(CC3CCCO3)C2c2ccccc2OC)c(OC)cc1Cl. The van der Waals surface area contributed by atoms with Crippen LogP contribution >= 0.6 is 11.6 Å². The molecule has 2 aromatic rings. The molecule has 2 aliphatic rings. The molecule has 9 heteroatoms. The summed E-state index contributed by atoms with van der Waals surface area (Å²) in [4.78, 5) is 28.0. The molecule has 2 saturated heterocycles. The molecule has 0 aliphatic carbocycles. The average molecular weight is 488 g/mol. The fraction of sp³-hybridized carbons (Fsp3) is 0.360. The Balaban J connectivity index is 1.93. The Morgan fingerprint density at radius 1 is 1.09 bits per heavy atom. The second kappa shape index (κ2) is 9.95. The minimum atomic E-state index is -0.883. The third-order valence-corrected chi connectivity index (χ3v) is 6.42. The van der Waals surface area contributed by atoms with Crippen molar-refractivity contribution >= 4 is 29.1 Å². The number of hydrogen-bond donors (Lipinski definition) is 1. The molecule has 1 N–H and O–H groups in total. The Kier molecular flexibility index (Phi) is 7.00. The molecule has 2 fully saturated rings. The Morgan fingerprint density at radius 3 is 2.44 bits per heavy atom. The summed E-state index contributed by atoms with van der Waals surface area (Å²) in [5.74, 6) is -0.914. The summed E-state index contributed by atoms with van der Waals surface area (Å²) in [6.45, 7) is 0.820. The van der Waals surface area contributed by atoms with Gasteiger partial charge in [-0.15, -0.1) is 0 Å². The van der Waals surface area contributed by atoms with Gasteiger partial charge in [0.2, 0.25) is 0 Å². The molecule has 0 bridgehead atoms. The molecule has 0 spiro atoms. The predicted octanol–water partition coefficient (Wildman–Crippen LogP) is 3.97. The number of aliphatic hydroxyl groups is 1. The van der Waals surface area contributed by atoms with Gasteiger partial charge in [0.15, 0.2) is 0 Å². The van der Waals surface area contributed by atoms with E-state index in [1.165, 1.54) is 38.4 Å². The maximum Gasteiger partial charge on any atom is 0.295 e. The van der Waals surface area contributed by atoms with E-state index in [-0.39, 0.29) is 40.3 Å². The van der Waals surface area contributed by atoms with Gasteiger partial charge in [0.05, 0.1) is 49.6 Å². The standard InChI is InChI=1S/C25H26ClNO7/c1-31-18-9-5-4-8-15(18)22-21(24(29)25(30)27(22)13-14-7-6-10-34-14)23(28)16-11-20(33-3)17(26)12-19(16)32-2/h4-5,8-9,11-12,14,22,28H,6-7,10,13H2,1-3H3/b23-21+. The first-order valence-electron chi connectivity index (χ1n) is 10.9. The van der Waals surface area contributed by atoms with E-state index in [2.05, 4.69) is 0 Å². The number of ketones is 1. The number of hydrogen-bond acceptors (Lipinski definition) is 7. The van der Waals surface area contributed by atoms with Gasteiger partial charge in [-0.25, -0.2) is 0 Å². The predicted molar refractivity (Wildman–Crippen MR) is 126 cm³/mol. The van der Waals surface area contributed by atoms with Crippen LogP contribution in [0.1, 0.15) is 30.0 Å². The van der Waals surface area contributed by atoms with Crippen molar-refractivity contribution in [2.45, 2.75) is 25.0 Å². The van der Waals surface area contributed by atoms with E-state index in [0.717, 1.165) is 12.8 Å². The molecular weight excluding hydrogens is 462 g/mol. The first-order chi connectivity index (χ1) is 16.4. The third-order valence-electron chi connectivity index (χ3n) is 6.13. The van der Waals surface area contributed by atoms with Crippen LogP contribution in [0.4, 0.5) is 0 Å². The molecule has 2 aromatic carbocycles. The molecule has 4 rings (SSSR count). The zero-order valence-electron chi connectivity index (χ0n) is 19.2. The maximum atomic E-state index is 13.3. The Hall–Kier alpha value is -3.23. The number of carbonyl (C=O) groups is 2. The van der Waals surface area contributed by atoms with Gasteiger partial charge < -0.3 is 29.0 Å². The highest BCUT2D eigenvalue weighted by atomic mass is 35.5. The fourth-order valence-electron chi connectivity index (χ4n) is 4.48. The van der Waals surface area contributed by atoms with E-state index in [0.29, 0.717) is 17.9 Å². The fourth-order valence-corrected chi connectivity index (χ4v) is 4.71. The molecule has 8 nitrogen and oxygen atoms in total. The van der Waals surface area contributed by atoms with Crippen LogP contribution < -0.4 is 14.2 Å². The van der Waals surface area contributed by atoms with E-state index >= 15 is 0 Å². The normalized spacial score (nSPS) is 21.7. The second-order valence-corrected chi connectivity index (χ2v) is 8.42. The van der Waals surface area contributed by atoms with E-state index in [4.69, 9.17) is 30.5 Å². The van der Waals surface area contributed by atoms with Gasteiger partial charge in [-0.3, -0.25) is 9.59 Å². The zero-order chi connectivity index (χ0) is 24.4. The lowest BCUT2D eigenvalue weighted by Crippen LogP contribution is -2.36. The van der Waals surface area contributed by atoms with Crippen molar-refractivity contribution in [1.82, 2.24) is 4.90 Å². The smallest absolute Gasteiger partial charge is 0.295 e. The van der Waals surface area contributed by atoms with Crippen LogP contribution in [0.5, 0.6) is 17.2 Å². The Bertz CT molecular complexity index is 1140. The van der Waals surface area contributed by atoms with Crippen LogP contribution in [0.25, 0.3) is 5.76 Å². The number of halogens is 1. The Labute approximate surface area is 202 Å². The molecule has 0 aromatic heterocycles. The highest BCUT2D eigenvalue weighted by molar-refractivity contribution is 6.46. The van der Waals surface area contributed by atoms with Crippen LogP contribution in [0, 0.1) is 0 Å². The Morgan fingerprint density at radius 2 is 1.79 bits per heavy atom. The van der Waals surface area contributed by atoms with Crippen LogP contribution in [0.2, 0.25) is 5.02 Å². The number of methoxy groups -OCH3 is 3. The van der Waals surface area contributed by atoms with Crippen molar-refractivity contribution in [3.05, 3.63) is 58.1 Å². The monoisotopic (exact) mass is 487 g/mol. The molecule has 0 radical (unpaired) electrons. The maximum absolute atomic E-state index is 13.3. The minimum Gasteiger partial charge on any atom is -0.507 e. The second-order valence-electron chi connectivity index (χ2n) is 8.02. The lowest BCUT2D eigenvalue weighted by molar-refractivity contribution is -0.140. The van der Waals surface area contributed by atoms with E-state index in [9.17, 15) is 14.7 Å². The van der Waals surface area contributed by atoms with Crippen molar-refractivity contribution in [3.63, 3.8) is 0 Å².